The Hall–Kier alpha value is -1.93. The molecule has 19 heavy (non-hydrogen) atoms. The Morgan fingerprint density at radius 3 is 2.84 bits per heavy atom. The van der Waals surface area contributed by atoms with Crippen molar-refractivity contribution in [1.82, 2.24) is 15.2 Å². The van der Waals surface area contributed by atoms with Crippen molar-refractivity contribution in [3.8, 4) is 5.75 Å². The van der Waals surface area contributed by atoms with Crippen LogP contribution in [0.25, 0.3) is 0 Å². The molecule has 1 heterocycles. The maximum atomic E-state index is 11.0. The number of aromatic nitrogens is 3. The predicted molar refractivity (Wildman–Crippen MR) is 68.1 cm³/mol. The zero-order chi connectivity index (χ0) is 13.9. The summed E-state index contributed by atoms with van der Waals surface area (Å²) in [5.41, 5.74) is 1.11. The third-order valence-electron chi connectivity index (χ3n) is 2.36. The van der Waals surface area contributed by atoms with Crippen LogP contribution in [-0.4, -0.2) is 30.2 Å². The second-order valence-corrected chi connectivity index (χ2v) is 5.48. The van der Waals surface area contributed by atoms with Crippen molar-refractivity contribution >= 4 is 10.0 Å². The molecule has 0 saturated heterocycles. The van der Waals surface area contributed by atoms with Crippen molar-refractivity contribution in [2.24, 2.45) is 5.14 Å². The lowest BCUT2D eigenvalue weighted by Gasteiger charge is -2.05. The Labute approximate surface area is 110 Å². The lowest BCUT2D eigenvalue weighted by molar-refractivity contribution is 0.319. The number of sulfonamides is 1. The van der Waals surface area contributed by atoms with E-state index in [2.05, 4.69) is 15.2 Å². The molecule has 0 atom stereocenters. The average molecular weight is 282 g/mol. The summed E-state index contributed by atoms with van der Waals surface area (Å²) in [6, 6.07) is 7.64. The number of nitrogens with zero attached hydrogens (tertiary/aromatic N) is 2. The summed E-state index contributed by atoms with van der Waals surface area (Å²) in [5, 5.41) is 10.5. The molecule has 102 valence electrons. The molecule has 7 nitrogen and oxygen atoms in total. The quantitative estimate of drug-likeness (QED) is 0.823. The predicted octanol–water partition coefficient (Wildman–Crippen LogP) is 0.382. The van der Waals surface area contributed by atoms with Gasteiger partial charge in [0.15, 0.2) is 0 Å². The minimum absolute atomic E-state index is 0.364. The molecule has 0 radical (unpaired) electrons. The summed E-state index contributed by atoms with van der Waals surface area (Å²) in [4.78, 5) is 3.77. The molecule has 8 heteroatoms. The van der Waals surface area contributed by atoms with Crippen LogP contribution >= 0.6 is 0 Å². The number of aromatic amines is 1. The summed E-state index contributed by atoms with van der Waals surface area (Å²) < 4.78 is 27.5. The van der Waals surface area contributed by atoms with Crippen molar-refractivity contribution < 1.29 is 13.2 Å². The summed E-state index contributed by atoms with van der Waals surface area (Å²) in [5.74, 6) is 1.17. The molecule has 0 unspecified atom stereocenters. The van der Waals surface area contributed by atoms with Gasteiger partial charge in [0.1, 0.15) is 11.6 Å². The van der Waals surface area contributed by atoms with Crippen LogP contribution in [0, 0.1) is 6.92 Å². The van der Waals surface area contributed by atoms with E-state index in [4.69, 9.17) is 9.88 Å². The van der Waals surface area contributed by atoms with Gasteiger partial charge in [0.25, 0.3) is 15.2 Å². The molecule has 2 rings (SSSR count). The fourth-order valence-electron chi connectivity index (χ4n) is 1.49. The first-order valence-electron chi connectivity index (χ1n) is 5.59. The molecule has 2 aromatic rings. The highest BCUT2D eigenvalue weighted by atomic mass is 32.2. The molecular formula is C11H14N4O3S. The van der Waals surface area contributed by atoms with E-state index in [1.165, 1.54) is 0 Å². The third-order valence-corrected chi connectivity index (χ3v) is 3.05. The Morgan fingerprint density at radius 2 is 2.21 bits per heavy atom. The van der Waals surface area contributed by atoms with E-state index in [0.29, 0.717) is 18.9 Å². The van der Waals surface area contributed by atoms with Crippen LogP contribution in [0.4, 0.5) is 0 Å². The first kappa shape index (κ1) is 13.5. The van der Waals surface area contributed by atoms with Gasteiger partial charge in [-0.15, -0.1) is 5.10 Å². The van der Waals surface area contributed by atoms with Crippen molar-refractivity contribution in [2.45, 2.75) is 18.5 Å². The highest BCUT2D eigenvalue weighted by molar-refractivity contribution is 7.89. The molecule has 0 amide bonds. The molecule has 0 fully saturated rings. The number of hydrogen-bond acceptors (Lipinski definition) is 5. The normalized spacial score (nSPS) is 11.5. The molecule has 0 spiro atoms. The zero-order valence-corrected chi connectivity index (χ0v) is 11.1. The van der Waals surface area contributed by atoms with Crippen LogP contribution in [0.1, 0.15) is 11.4 Å². The van der Waals surface area contributed by atoms with Gasteiger partial charge in [-0.3, -0.25) is 5.10 Å². The summed E-state index contributed by atoms with van der Waals surface area (Å²) in [7, 11) is -3.86. The maximum Gasteiger partial charge on any atom is 0.282 e. The largest absolute Gasteiger partial charge is 0.493 e. The van der Waals surface area contributed by atoms with E-state index < -0.39 is 15.2 Å². The number of benzene rings is 1. The van der Waals surface area contributed by atoms with Crippen LogP contribution in [0.5, 0.6) is 5.75 Å². The second-order valence-electron chi connectivity index (χ2n) is 4.02. The Kier molecular flexibility index (Phi) is 3.82. The van der Waals surface area contributed by atoms with Gasteiger partial charge in [-0.25, -0.2) is 18.5 Å². The Bertz CT molecular complexity index is 666. The van der Waals surface area contributed by atoms with E-state index in [9.17, 15) is 8.42 Å². The van der Waals surface area contributed by atoms with Gasteiger partial charge in [-0.1, -0.05) is 12.1 Å². The number of H-pyrrole nitrogens is 1. The van der Waals surface area contributed by atoms with E-state index in [-0.39, 0.29) is 0 Å². The minimum Gasteiger partial charge on any atom is -0.493 e. The van der Waals surface area contributed by atoms with E-state index in [1.807, 2.05) is 31.2 Å². The minimum atomic E-state index is -3.86. The summed E-state index contributed by atoms with van der Waals surface area (Å²) >= 11 is 0. The molecule has 1 aromatic heterocycles. The summed E-state index contributed by atoms with van der Waals surface area (Å²) in [6.45, 7) is 2.34. The topological polar surface area (TPSA) is 111 Å². The van der Waals surface area contributed by atoms with Crippen molar-refractivity contribution in [3.63, 3.8) is 0 Å². The lowest BCUT2D eigenvalue weighted by Crippen LogP contribution is -2.14. The first-order chi connectivity index (χ1) is 8.95. The molecule has 0 aliphatic carbocycles. The number of nitrogens with two attached hydrogens (primary N) is 1. The molecular weight excluding hydrogens is 268 g/mol. The maximum absolute atomic E-state index is 11.0. The van der Waals surface area contributed by atoms with E-state index in [0.717, 1.165) is 11.3 Å². The van der Waals surface area contributed by atoms with Crippen LogP contribution in [0.2, 0.25) is 0 Å². The molecule has 0 aliphatic heterocycles. The van der Waals surface area contributed by atoms with Gasteiger partial charge in [-0.2, -0.15) is 0 Å². The number of primary sulfonamides is 1. The SMILES string of the molecule is Cc1cccc(OCCc2nc(S(N)(=O)=O)n[nH]2)c1. The third kappa shape index (κ3) is 3.76. The van der Waals surface area contributed by atoms with Gasteiger partial charge in [0, 0.05) is 6.42 Å². The lowest BCUT2D eigenvalue weighted by atomic mass is 10.2. The van der Waals surface area contributed by atoms with Crippen LogP contribution in [0.15, 0.2) is 29.4 Å². The van der Waals surface area contributed by atoms with Crippen molar-refractivity contribution in [1.29, 1.82) is 0 Å². The van der Waals surface area contributed by atoms with Crippen LogP contribution in [-0.2, 0) is 16.4 Å². The number of ether oxygens (including phenoxy) is 1. The number of rotatable bonds is 5. The monoisotopic (exact) mass is 282 g/mol. The standard InChI is InChI=1S/C11H14N4O3S/c1-8-3-2-4-9(7-8)18-6-5-10-13-11(15-14-10)19(12,16)17/h2-4,7H,5-6H2,1H3,(H2,12,16,17)(H,13,14,15). The molecule has 0 saturated carbocycles. The Morgan fingerprint density at radius 1 is 1.42 bits per heavy atom. The van der Waals surface area contributed by atoms with Gasteiger partial charge >= 0.3 is 0 Å². The number of nitrogens with one attached hydrogen (secondary N) is 1. The number of hydrogen-bond donors (Lipinski definition) is 2. The van der Waals surface area contributed by atoms with Gasteiger partial charge in [-0.05, 0) is 24.6 Å². The highest BCUT2D eigenvalue weighted by Crippen LogP contribution is 2.12. The van der Waals surface area contributed by atoms with Crippen LogP contribution < -0.4 is 9.88 Å². The molecule has 0 aliphatic rings. The van der Waals surface area contributed by atoms with Gasteiger partial charge in [0.2, 0.25) is 0 Å². The first-order valence-corrected chi connectivity index (χ1v) is 7.13. The fourth-order valence-corrected chi connectivity index (χ4v) is 1.90. The van der Waals surface area contributed by atoms with Crippen LogP contribution in [0.3, 0.4) is 0 Å². The molecule has 1 aromatic carbocycles. The van der Waals surface area contributed by atoms with E-state index >= 15 is 0 Å². The second kappa shape index (κ2) is 5.37. The van der Waals surface area contributed by atoms with E-state index in [1.54, 1.807) is 0 Å². The summed E-state index contributed by atoms with van der Waals surface area (Å²) in [6.07, 6.45) is 0.413. The van der Waals surface area contributed by atoms with Crippen molar-refractivity contribution in [2.75, 3.05) is 6.61 Å². The van der Waals surface area contributed by atoms with Gasteiger partial charge in [0.05, 0.1) is 6.61 Å². The fraction of sp³-hybridized carbons (Fsp3) is 0.273. The highest BCUT2D eigenvalue weighted by Gasteiger charge is 2.14. The smallest absolute Gasteiger partial charge is 0.282 e. The zero-order valence-electron chi connectivity index (χ0n) is 10.3. The Balaban J connectivity index is 1.91. The average Bonchev–Trinajstić information content (AvgIpc) is 2.77. The molecule has 0 bridgehead atoms. The molecule has 3 N–H and O–H groups in total. The van der Waals surface area contributed by atoms with Crippen molar-refractivity contribution in [3.05, 3.63) is 35.7 Å². The van der Waals surface area contributed by atoms with Gasteiger partial charge < -0.3 is 4.74 Å². The number of aryl methyl sites for hydroxylation is 1.